The van der Waals surface area contributed by atoms with Crippen molar-refractivity contribution >= 4 is 11.9 Å². The van der Waals surface area contributed by atoms with Gasteiger partial charge in [-0.05, 0) is 32.1 Å². The summed E-state index contributed by atoms with van der Waals surface area (Å²) in [4.78, 5) is 18.0. The number of hydrogen-bond donors (Lipinski definition) is 2. The van der Waals surface area contributed by atoms with Gasteiger partial charge >= 0.3 is 0 Å². The lowest BCUT2D eigenvalue weighted by molar-refractivity contribution is -0.121. The average Bonchev–Trinajstić information content (AvgIpc) is 3.32. The van der Waals surface area contributed by atoms with Crippen LogP contribution in [-0.4, -0.2) is 63.2 Å². The molecule has 1 amide bonds. The predicted molar refractivity (Wildman–Crippen MR) is 90.0 cm³/mol. The zero-order valence-electron chi connectivity index (χ0n) is 14.5. The van der Waals surface area contributed by atoms with E-state index in [1.54, 1.807) is 7.05 Å². The van der Waals surface area contributed by atoms with Crippen LogP contribution in [0.25, 0.3) is 0 Å². The molecule has 2 N–H and O–H groups in total. The van der Waals surface area contributed by atoms with E-state index < -0.39 is 0 Å². The minimum Gasteiger partial charge on any atom is -0.379 e. The lowest BCUT2D eigenvalue weighted by Gasteiger charge is -2.22. The van der Waals surface area contributed by atoms with Crippen LogP contribution in [0.4, 0.5) is 0 Å². The number of nitrogens with zero attached hydrogens (tertiary/aromatic N) is 2. The van der Waals surface area contributed by atoms with E-state index in [1.165, 1.54) is 12.8 Å². The van der Waals surface area contributed by atoms with Gasteiger partial charge in [0.1, 0.15) is 0 Å². The van der Waals surface area contributed by atoms with Crippen molar-refractivity contribution in [1.29, 1.82) is 0 Å². The van der Waals surface area contributed by atoms with Crippen molar-refractivity contribution in [2.75, 3.05) is 40.4 Å². The van der Waals surface area contributed by atoms with Crippen molar-refractivity contribution in [3.8, 4) is 0 Å². The van der Waals surface area contributed by atoms with Gasteiger partial charge in [0.15, 0.2) is 5.96 Å². The summed E-state index contributed by atoms with van der Waals surface area (Å²) >= 11 is 0. The summed E-state index contributed by atoms with van der Waals surface area (Å²) in [5.41, 5.74) is 0. The number of aliphatic imine (C=N–C) groups is 1. The molecule has 0 aliphatic heterocycles. The molecular formula is C16H32N4O2. The smallest absolute Gasteiger partial charge is 0.221 e. The van der Waals surface area contributed by atoms with Gasteiger partial charge in [0.2, 0.25) is 5.91 Å². The summed E-state index contributed by atoms with van der Waals surface area (Å²) in [7, 11) is 3.73. The zero-order valence-corrected chi connectivity index (χ0v) is 14.5. The molecule has 0 saturated heterocycles. The first-order chi connectivity index (χ1) is 10.6. The van der Waals surface area contributed by atoms with Crippen LogP contribution in [0.1, 0.15) is 39.5 Å². The molecule has 1 aliphatic rings. The Morgan fingerprint density at radius 3 is 2.77 bits per heavy atom. The SMILES string of the molecule is CCC(C)NC(=O)CCNC(=NC)N(C)CCOCC1CC1. The number of amides is 1. The Morgan fingerprint density at radius 1 is 1.45 bits per heavy atom. The topological polar surface area (TPSA) is 66.0 Å². The molecule has 1 atom stereocenters. The number of carbonyl (C=O) groups is 1. The van der Waals surface area contributed by atoms with Crippen LogP contribution in [0.2, 0.25) is 0 Å². The highest BCUT2D eigenvalue weighted by atomic mass is 16.5. The molecule has 6 nitrogen and oxygen atoms in total. The summed E-state index contributed by atoms with van der Waals surface area (Å²) in [6, 6.07) is 0.234. The van der Waals surface area contributed by atoms with Gasteiger partial charge in [0.05, 0.1) is 6.61 Å². The fourth-order valence-corrected chi connectivity index (χ4v) is 1.96. The normalized spacial score (nSPS) is 16.3. The van der Waals surface area contributed by atoms with Crippen molar-refractivity contribution in [3.05, 3.63) is 0 Å². The van der Waals surface area contributed by atoms with Crippen LogP contribution < -0.4 is 10.6 Å². The van der Waals surface area contributed by atoms with Crippen molar-refractivity contribution in [3.63, 3.8) is 0 Å². The molecule has 1 unspecified atom stereocenters. The number of rotatable bonds is 10. The van der Waals surface area contributed by atoms with E-state index in [4.69, 9.17) is 4.74 Å². The molecule has 22 heavy (non-hydrogen) atoms. The van der Waals surface area contributed by atoms with E-state index in [9.17, 15) is 4.79 Å². The molecule has 1 rings (SSSR count). The first kappa shape index (κ1) is 18.7. The third-order valence-electron chi connectivity index (χ3n) is 3.85. The first-order valence-electron chi connectivity index (χ1n) is 8.35. The van der Waals surface area contributed by atoms with Crippen LogP contribution in [0.15, 0.2) is 4.99 Å². The summed E-state index contributed by atoms with van der Waals surface area (Å²) in [6.07, 6.45) is 4.04. The van der Waals surface area contributed by atoms with E-state index >= 15 is 0 Å². The number of carbonyl (C=O) groups excluding carboxylic acids is 1. The number of likely N-dealkylation sites (N-methyl/N-ethyl adjacent to an activating group) is 1. The number of guanidine groups is 1. The lowest BCUT2D eigenvalue weighted by atomic mass is 10.2. The standard InChI is InChI=1S/C16H32N4O2/c1-5-13(2)19-15(21)8-9-18-16(17-3)20(4)10-11-22-12-14-6-7-14/h13-14H,5-12H2,1-4H3,(H,17,18)(H,19,21). The largest absolute Gasteiger partial charge is 0.379 e. The van der Waals surface area contributed by atoms with Crippen molar-refractivity contribution in [2.45, 2.75) is 45.6 Å². The van der Waals surface area contributed by atoms with Crippen LogP contribution >= 0.6 is 0 Å². The van der Waals surface area contributed by atoms with Crippen LogP contribution in [0.5, 0.6) is 0 Å². The highest BCUT2D eigenvalue weighted by molar-refractivity contribution is 5.81. The zero-order chi connectivity index (χ0) is 16.4. The molecule has 0 radical (unpaired) electrons. The Balaban J connectivity index is 2.12. The third-order valence-corrected chi connectivity index (χ3v) is 3.85. The van der Waals surface area contributed by atoms with E-state index in [1.807, 2.05) is 18.9 Å². The number of nitrogens with one attached hydrogen (secondary N) is 2. The summed E-state index contributed by atoms with van der Waals surface area (Å²) in [5, 5.41) is 6.17. The maximum atomic E-state index is 11.7. The van der Waals surface area contributed by atoms with Gasteiger partial charge in [-0.2, -0.15) is 0 Å². The molecule has 0 aromatic rings. The van der Waals surface area contributed by atoms with Crippen LogP contribution in [-0.2, 0) is 9.53 Å². The van der Waals surface area contributed by atoms with Crippen molar-refractivity contribution in [1.82, 2.24) is 15.5 Å². The molecule has 0 aromatic carbocycles. The highest BCUT2D eigenvalue weighted by Crippen LogP contribution is 2.28. The van der Waals surface area contributed by atoms with Gasteiger partial charge in [-0.3, -0.25) is 9.79 Å². The van der Waals surface area contributed by atoms with E-state index in [-0.39, 0.29) is 11.9 Å². The summed E-state index contributed by atoms with van der Waals surface area (Å²) < 4.78 is 5.63. The highest BCUT2D eigenvalue weighted by Gasteiger charge is 2.21. The van der Waals surface area contributed by atoms with Gasteiger partial charge < -0.3 is 20.3 Å². The second-order valence-electron chi connectivity index (χ2n) is 6.04. The van der Waals surface area contributed by atoms with Crippen LogP contribution in [0, 0.1) is 5.92 Å². The Kier molecular flexibility index (Phi) is 8.89. The van der Waals surface area contributed by atoms with Gasteiger partial charge in [-0.1, -0.05) is 6.92 Å². The summed E-state index contributed by atoms with van der Waals surface area (Å²) in [5.74, 6) is 1.67. The minimum atomic E-state index is 0.0766. The molecule has 1 fully saturated rings. The lowest BCUT2D eigenvalue weighted by Crippen LogP contribution is -2.42. The second-order valence-corrected chi connectivity index (χ2v) is 6.04. The molecule has 1 saturated carbocycles. The number of hydrogen-bond acceptors (Lipinski definition) is 3. The monoisotopic (exact) mass is 312 g/mol. The Bertz CT molecular complexity index is 356. The van der Waals surface area contributed by atoms with Gasteiger partial charge in [-0.15, -0.1) is 0 Å². The third kappa shape index (κ3) is 8.22. The molecule has 1 aliphatic carbocycles. The molecule has 6 heteroatoms. The fourth-order valence-electron chi connectivity index (χ4n) is 1.96. The van der Waals surface area contributed by atoms with Gasteiger partial charge in [0, 0.05) is 46.3 Å². The molecule has 0 heterocycles. The molecular weight excluding hydrogens is 280 g/mol. The first-order valence-corrected chi connectivity index (χ1v) is 8.35. The average molecular weight is 312 g/mol. The van der Waals surface area contributed by atoms with E-state index in [0.29, 0.717) is 19.6 Å². The molecule has 0 aromatic heterocycles. The second kappa shape index (κ2) is 10.4. The maximum absolute atomic E-state index is 11.7. The Hall–Kier alpha value is -1.30. The Morgan fingerprint density at radius 2 is 2.18 bits per heavy atom. The van der Waals surface area contributed by atoms with E-state index in [0.717, 1.165) is 31.4 Å². The van der Waals surface area contributed by atoms with Crippen molar-refractivity contribution in [2.24, 2.45) is 10.9 Å². The predicted octanol–water partition coefficient (Wildman–Crippen LogP) is 1.23. The fraction of sp³-hybridized carbons (Fsp3) is 0.875. The maximum Gasteiger partial charge on any atom is 0.221 e. The van der Waals surface area contributed by atoms with Crippen molar-refractivity contribution < 1.29 is 9.53 Å². The molecule has 128 valence electrons. The van der Waals surface area contributed by atoms with Crippen LogP contribution in [0.3, 0.4) is 0 Å². The number of ether oxygens (including phenoxy) is 1. The Labute approximate surface area is 134 Å². The van der Waals surface area contributed by atoms with Gasteiger partial charge in [-0.25, -0.2) is 0 Å². The summed E-state index contributed by atoms with van der Waals surface area (Å²) in [6.45, 7) is 7.05. The van der Waals surface area contributed by atoms with E-state index in [2.05, 4.69) is 22.5 Å². The molecule has 0 bridgehead atoms. The molecule has 0 spiro atoms. The quantitative estimate of drug-likeness (QED) is 0.362. The van der Waals surface area contributed by atoms with Gasteiger partial charge in [0.25, 0.3) is 0 Å². The minimum absolute atomic E-state index is 0.0766.